The second-order valence-electron chi connectivity index (χ2n) is 9.27. The largest absolute Gasteiger partial charge is 0.489 e. The molecule has 172 valence electrons. The fourth-order valence-corrected chi connectivity index (χ4v) is 4.43. The Morgan fingerprint density at radius 3 is 2.94 bits per heavy atom. The summed E-state index contributed by atoms with van der Waals surface area (Å²) < 4.78 is 11.9. The van der Waals surface area contributed by atoms with Gasteiger partial charge in [-0.2, -0.15) is 0 Å². The number of fused-ring (bicyclic) bond motifs is 1. The third-order valence-corrected chi connectivity index (χ3v) is 6.89. The highest BCUT2D eigenvalue weighted by Gasteiger charge is 2.40. The average molecular weight is 467 g/mol. The molecule has 2 aliphatic rings. The number of aromatic nitrogens is 2. The van der Waals surface area contributed by atoms with E-state index in [9.17, 15) is 4.79 Å². The minimum Gasteiger partial charge on any atom is -0.489 e. The van der Waals surface area contributed by atoms with Gasteiger partial charge in [-0.1, -0.05) is 37.6 Å². The number of amides is 1. The summed E-state index contributed by atoms with van der Waals surface area (Å²) in [5, 5.41) is 6.98. The fourth-order valence-electron chi connectivity index (χ4n) is 4.26. The van der Waals surface area contributed by atoms with Crippen molar-refractivity contribution < 1.29 is 14.3 Å². The second-order valence-corrected chi connectivity index (χ2v) is 9.64. The molecule has 0 aliphatic carbocycles. The SMILES string of the molecule is Cc1cccc(Nc2c(-c3ccncc3OC[C@H]3OCC3(C)C)[nH]c3c2C(=O)NCC3)c1Cl. The number of pyridine rings is 1. The Morgan fingerprint density at radius 2 is 2.18 bits per heavy atom. The van der Waals surface area contributed by atoms with Crippen molar-refractivity contribution in [2.75, 3.05) is 25.1 Å². The standard InChI is InChI=1S/C25H27ClN4O3/c1-14-5-4-6-17(21(14)26)30-23-20-16(8-10-28-24(20)31)29-22(23)15-7-9-27-11-18(15)32-12-19-25(2,3)13-33-19/h4-7,9,11,19,29-30H,8,10,12-13H2,1-3H3,(H,28,31)/t19-/m1/s1. The Bertz CT molecular complexity index is 1220. The molecule has 3 aromatic rings. The summed E-state index contributed by atoms with van der Waals surface area (Å²) in [7, 11) is 0. The molecule has 1 amide bonds. The summed E-state index contributed by atoms with van der Waals surface area (Å²) >= 11 is 6.57. The predicted molar refractivity (Wildman–Crippen MR) is 129 cm³/mol. The first kappa shape index (κ1) is 21.8. The third kappa shape index (κ3) is 3.96. The van der Waals surface area contributed by atoms with Gasteiger partial charge in [0.05, 0.1) is 46.6 Å². The highest BCUT2D eigenvalue weighted by atomic mass is 35.5. The van der Waals surface area contributed by atoms with Crippen LogP contribution in [0.3, 0.4) is 0 Å². The molecule has 0 bridgehead atoms. The van der Waals surface area contributed by atoms with Crippen LogP contribution in [-0.2, 0) is 11.2 Å². The van der Waals surface area contributed by atoms with Crippen molar-refractivity contribution in [2.45, 2.75) is 33.3 Å². The van der Waals surface area contributed by atoms with Crippen LogP contribution in [-0.4, -0.2) is 41.7 Å². The Morgan fingerprint density at radius 1 is 1.33 bits per heavy atom. The minimum absolute atomic E-state index is 0.0249. The van der Waals surface area contributed by atoms with Gasteiger partial charge in [0.25, 0.3) is 5.91 Å². The number of nitrogens with one attached hydrogen (secondary N) is 3. The van der Waals surface area contributed by atoms with Crippen molar-refractivity contribution in [1.82, 2.24) is 15.3 Å². The van der Waals surface area contributed by atoms with E-state index >= 15 is 0 Å². The first-order valence-electron chi connectivity index (χ1n) is 11.1. The zero-order valence-corrected chi connectivity index (χ0v) is 19.7. The normalized spacial score (nSPS) is 18.8. The molecule has 33 heavy (non-hydrogen) atoms. The number of ether oxygens (including phenoxy) is 2. The van der Waals surface area contributed by atoms with Crippen LogP contribution in [0.5, 0.6) is 5.75 Å². The number of H-pyrrole nitrogens is 1. The summed E-state index contributed by atoms with van der Waals surface area (Å²) in [6.07, 6.45) is 4.15. The lowest BCUT2D eigenvalue weighted by Crippen LogP contribution is -2.50. The van der Waals surface area contributed by atoms with E-state index in [1.807, 2.05) is 31.2 Å². The van der Waals surface area contributed by atoms with E-state index in [1.165, 1.54) is 0 Å². The Labute approximate surface area is 197 Å². The van der Waals surface area contributed by atoms with Gasteiger partial charge in [0.1, 0.15) is 12.4 Å². The third-order valence-electron chi connectivity index (χ3n) is 6.39. The molecule has 1 fully saturated rings. The number of benzene rings is 1. The number of carbonyl (C=O) groups excluding carboxylic acids is 1. The Hall–Kier alpha value is -3.03. The molecule has 1 aromatic carbocycles. The number of hydrogen-bond acceptors (Lipinski definition) is 5. The number of nitrogens with zero attached hydrogens (tertiary/aromatic N) is 1. The van der Waals surface area contributed by atoms with Crippen molar-refractivity contribution in [3.8, 4) is 17.0 Å². The highest BCUT2D eigenvalue weighted by molar-refractivity contribution is 6.34. The van der Waals surface area contributed by atoms with Crippen molar-refractivity contribution >= 4 is 28.9 Å². The summed E-state index contributed by atoms with van der Waals surface area (Å²) in [5.41, 5.74) is 5.50. The molecule has 7 nitrogen and oxygen atoms in total. The number of halogens is 1. The molecule has 8 heteroatoms. The number of carbonyl (C=O) groups is 1. The van der Waals surface area contributed by atoms with E-state index < -0.39 is 0 Å². The Balaban J connectivity index is 1.56. The molecule has 0 spiro atoms. The van der Waals surface area contributed by atoms with Gasteiger partial charge in [-0.15, -0.1) is 0 Å². The number of aryl methyl sites for hydroxylation is 1. The van der Waals surface area contributed by atoms with Gasteiger partial charge in [0.15, 0.2) is 0 Å². The van der Waals surface area contributed by atoms with Crippen molar-refractivity contribution in [3.63, 3.8) is 0 Å². The molecule has 1 atom stereocenters. The van der Waals surface area contributed by atoms with E-state index in [-0.39, 0.29) is 17.4 Å². The lowest BCUT2D eigenvalue weighted by atomic mass is 9.83. The van der Waals surface area contributed by atoms with Crippen LogP contribution in [0.25, 0.3) is 11.3 Å². The molecular weight excluding hydrogens is 440 g/mol. The zero-order chi connectivity index (χ0) is 23.2. The lowest BCUT2D eigenvalue weighted by molar-refractivity contribution is -0.180. The van der Waals surface area contributed by atoms with E-state index in [0.29, 0.717) is 41.6 Å². The second kappa shape index (κ2) is 8.39. The van der Waals surface area contributed by atoms with E-state index in [2.05, 4.69) is 34.4 Å². The van der Waals surface area contributed by atoms with Crippen LogP contribution in [0, 0.1) is 12.3 Å². The fraction of sp³-hybridized carbons (Fsp3) is 0.360. The van der Waals surface area contributed by atoms with Crippen molar-refractivity contribution in [1.29, 1.82) is 0 Å². The summed E-state index contributed by atoms with van der Waals surface area (Å²) in [5.74, 6) is 0.507. The molecule has 4 heterocycles. The lowest BCUT2D eigenvalue weighted by Gasteiger charge is -2.43. The maximum absolute atomic E-state index is 12.8. The maximum atomic E-state index is 12.8. The summed E-state index contributed by atoms with van der Waals surface area (Å²) in [4.78, 5) is 20.6. The molecule has 0 saturated carbocycles. The van der Waals surface area contributed by atoms with Gasteiger partial charge in [0, 0.05) is 35.8 Å². The van der Waals surface area contributed by atoms with Crippen LogP contribution >= 0.6 is 11.6 Å². The van der Waals surface area contributed by atoms with Crippen LogP contribution < -0.4 is 15.4 Å². The number of aromatic amines is 1. The number of rotatable bonds is 6. The predicted octanol–water partition coefficient (Wildman–Crippen LogP) is 4.87. The maximum Gasteiger partial charge on any atom is 0.255 e. The van der Waals surface area contributed by atoms with Gasteiger partial charge in [-0.25, -0.2) is 0 Å². The van der Waals surface area contributed by atoms with E-state index in [4.69, 9.17) is 21.1 Å². The van der Waals surface area contributed by atoms with E-state index in [0.717, 1.165) is 34.8 Å². The van der Waals surface area contributed by atoms with Crippen molar-refractivity contribution in [2.24, 2.45) is 5.41 Å². The van der Waals surface area contributed by atoms with Gasteiger partial charge >= 0.3 is 0 Å². The number of anilines is 2. The Kier molecular flexibility index (Phi) is 5.54. The van der Waals surface area contributed by atoms with Gasteiger partial charge < -0.3 is 25.1 Å². The topological polar surface area (TPSA) is 88.3 Å². The first-order chi connectivity index (χ1) is 15.8. The van der Waals surface area contributed by atoms with Gasteiger partial charge in [-0.05, 0) is 24.6 Å². The number of hydrogen-bond donors (Lipinski definition) is 3. The van der Waals surface area contributed by atoms with Crippen LogP contribution in [0.15, 0.2) is 36.7 Å². The van der Waals surface area contributed by atoms with Gasteiger partial charge in [-0.3, -0.25) is 9.78 Å². The van der Waals surface area contributed by atoms with Gasteiger partial charge in [0.2, 0.25) is 0 Å². The van der Waals surface area contributed by atoms with E-state index in [1.54, 1.807) is 12.4 Å². The summed E-state index contributed by atoms with van der Waals surface area (Å²) in [6.45, 7) is 8.03. The minimum atomic E-state index is -0.119. The van der Waals surface area contributed by atoms with Crippen LogP contribution in [0.1, 0.15) is 35.5 Å². The highest BCUT2D eigenvalue weighted by Crippen LogP contribution is 2.42. The summed E-state index contributed by atoms with van der Waals surface area (Å²) in [6, 6.07) is 7.68. The first-order valence-corrected chi connectivity index (χ1v) is 11.5. The molecule has 3 N–H and O–H groups in total. The molecular formula is C25H27ClN4O3. The molecule has 0 unspecified atom stereocenters. The smallest absolute Gasteiger partial charge is 0.255 e. The zero-order valence-electron chi connectivity index (χ0n) is 18.9. The molecule has 1 saturated heterocycles. The van der Waals surface area contributed by atoms with Crippen LogP contribution in [0.4, 0.5) is 11.4 Å². The molecule has 5 rings (SSSR count). The van der Waals surface area contributed by atoms with Crippen LogP contribution in [0.2, 0.25) is 5.02 Å². The van der Waals surface area contributed by atoms with Crippen molar-refractivity contribution in [3.05, 3.63) is 58.5 Å². The average Bonchev–Trinajstić information content (AvgIpc) is 3.16. The molecule has 2 aromatic heterocycles. The quantitative estimate of drug-likeness (QED) is 0.482. The molecule has 0 radical (unpaired) electrons. The monoisotopic (exact) mass is 466 g/mol. The molecule has 2 aliphatic heterocycles.